The highest BCUT2D eigenvalue weighted by molar-refractivity contribution is 5.27. The molecule has 0 atom stereocenters. The SMILES string of the molecule is [CH2]CCCCOCCCCCCc1ccc(OC)cc1. The van der Waals surface area contributed by atoms with E-state index in [1.165, 1.54) is 37.7 Å². The smallest absolute Gasteiger partial charge is 0.118 e. The molecule has 0 aliphatic rings. The van der Waals surface area contributed by atoms with E-state index >= 15 is 0 Å². The van der Waals surface area contributed by atoms with Gasteiger partial charge in [0.25, 0.3) is 0 Å². The molecule has 0 spiro atoms. The summed E-state index contributed by atoms with van der Waals surface area (Å²) in [6.45, 7) is 5.65. The Hall–Kier alpha value is -1.02. The Morgan fingerprint density at radius 1 is 0.850 bits per heavy atom. The fraction of sp³-hybridized carbons (Fsp3) is 0.611. The summed E-state index contributed by atoms with van der Waals surface area (Å²) in [5.41, 5.74) is 1.40. The number of ether oxygens (including phenoxy) is 2. The van der Waals surface area contributed by atoms with Gasteiger partial charge < -0.3 is 9.47 Å². The lowest BCUT2D eigenvalue weighted by atomic mass is 10.1. The normalized spacial score (nSPS) is 10.7. The number of unbranched alkanes of at least 4 members (excludes halogenated alkanes) is 5. The van der Waals surface area contributed by atoms with E-state index in [9.17, 15) is 0 Å². The first-order chi connectivity index (χ1) is 9.86. The Morgan fingerprint density at radius 3 is 2.15 bits per heavy atom. The molecule has 20 heavy (non-hydrogen) atoms. The molecule has 0 saturated heterocycles. The van der Waals surface area contributed by atoms with Gasteiger partial charge in [-0.05, 0) is 43.4 Å². The lowest BCUT2D eigenvalue weighted by Crippen LogP contribution is -1.97. The van der Waals surface area contributed by atoms with Crippen LogP contribution in [0.15, 0.2) is 24.3 Å². The summed E-state index contributed by atoms with van der Waals surface area (Å²) >= 11 is 0. The average Bonchev–Trinajstić information content (AvgIpc) is 2.50. The van der Waals surface area contributed by atoms with Gasteiger partial charge in [0.05, 0.1) is 7.11 Å². The summed E-state index contributed by atoms with van der Waals surface area (Å²) in [6, 6.07) is 8.39. The van der Waals surface area contributed by atoms with Gasteiger partial charge >= 0.3 is 0 Å². The maximum absolute atomic E-state index is 5.58. The van der Waals surface area contributed by atoms with E-state index in [-0.39, 0.29) is 0 Å². The van der Waals surface area contributed by atoms with Crippen LogP contribution in [0.3, 0.4) is 0 Å². The van der Waals surface area contributed by atoms with Crippen LogP contribution < -0.4 is 4.74 Å². The number of hydrogen-bond donors (Lipinski definition) is 0. The second-order valence-corrected chi connectivity index (χ2v) is 5.19. The minimum atomic E-state index is 0.904. The maximum Gasteiger partial charge on any atom is 0.118 e. The highest BCUT2D eigenvalue weighted by atomic mass is 16.5. The Morgan fingerprint density at radius 2 is 1.50 bits per heavy atom. The van der Waals surface area contributed by atoms with Gasteiger partial charge in [-0.25, -0.2) is 0 Å². The predicted octanol–water partition coefficient (Wildman–Crippen LogP) is 4.82. The first-order valence-electron chi connectivity index (χ1n) is 7.86. The van der Waals surface area contributed by atoms with Crippen LogP contribution in [0, 0.1) is 6.92 Å². The van der Waals surface area contributed by atoms with Crippen LogP contribution in [-0.4, -0.2) is 20.3 Å². The summed E-state index contributed by atoms with van der Waals surface area (Å²) in [6.07, 6.45) is 9.52. The van der Waals surface area contributed by atoms with Gasteiger partial charge in [0.2, 0.25) is 0 Å². The van der Waals surface area contributed by atoms with Crippen molar-refractivity contribution in [3.8, 4) is 5.75 Å². The van der Waals surface area contributed by atoms with Gasteiger partial charge in [0.15, 0.2) is 0 Å². The zero-order chi connectivity index (χ0) is 14.5. The molecule has 2 nitrogen and oxygen atoms in total. The Kier molecular flexibility index (Phi) is 10.0. The van der Waals surface area contributed by atoms with Crippen molar-refractivity contribution in [2.24, 2.45) is 0 Å². The van der Waals surface area contributed by atoms with E-state index in [2.05, 4.69) is 19.1 Å². The zero-order valence-electron chi connectivity index (χ0n) is 12.9. The standard InChI is InChI=1S/C18H29O2/c1-3-4-8-15-20-16-9-6-5-7-10-17-11-13-18(19-2)14-12-17/h11-14H,1,3-10,15-16H2,2H3. The summed E-state index contributed by atoms with van der Waals surface area (Å²) in [7, 11) is 1.70. The molecule has 0 amide bonds. The molecule has 1 radical (unpaired) electrons. The van der Waals surface area contributed by atoms with Gasteiger partial charge in [-0.3, -0.25) is 0 Å². The highest BCUT2D eigenvalue weighted by Crippen LogP contribution is 2.14. The Bertz CT molecular complexity index is 319. The van der Waals surface area contributed by atoms with Gasteiger partial charge in [-0.15, -0.1) is 0 Å². The maximum atomic E-state index is 5.58. The van der Waals surface area contributed by atoms with Crippen molar-refractivity contribution in [3.63, 3.8) is 0 Å². The lowest BCUT2D eigenvalue weighted by molar-refractivity contribution is 0.126. The number of methoxy groups -OCH3 is 1. The van der Waals surface area contributed by atoms with E-state index in [0.717, 1.165) is 38.2 Å². The number of rotatable bonds is 12. The third-order valence-corrected chi connectivity index (χ3v) is 3.45. The van der Waals surface area contributed by atoms with E-state index < -0.39 is 0 Å². The van der Waals surface area contributed by atoms with Crippen LogP contribution in [0.2, 0.25) is 0 Å². The van der Waals surface area contributed by atoms with Crippen molar-refractivity contribution in [2.45, 2.75) is 51.4 Å². The predicted molar refractivity (Wildman–Crippen MR) is 85.2 cm³/mol. The number of hydrogen-bond acceptors (Lipinski definition) is 2. The van der Waals surface area contributed by atoms with Crippen LogP contribution >= 0.6 is 0 Å². The summed E-state index contributed by atoms with van der Waals surface area (Å²) in [4.78, 5) is 0. The number of benzene rings is 1. The van der Waals surface area contributed by atoms with Gasteiger partial charge in [-0.2, -0.15) is 0 Å². The largest absolute Gasteiger partial charge is 0.497 e. The quantitative estimate of drug-likeness (QED) is 0.510. The molecule has 0 bridgehead atoms. The molecular weight excluding hydrogens is 248 g/mol. The second-order valence-electron chi connectivity index (χ2n) is 5.19. The van der Waals surface area contributed by atoms with Crippen LogP contribution in [0.5, 0.6) is 5.75 Å². The van der Waals surface area contributed by atoms with Gasteiger partial charge in [-0.1, -0.05) is 44.7 Å². The molecule has 113 valence electrons. The molecule has 0 N–H and O–H groups in total. The molecule has 2 heteroatoms. The molecule has 1 aromatic carbocycles. The molecule has 0 heterocycles. The zero-order valence-corrected chi connectivity index (χ0v) is 12.9. The molecule has 0 fully saturated rings. The first kappa shape index (κ1) is 17.0. The van der Waals surface area contributed by atoms with Crippen LogP contribution in [0.25, 0.3) is 0 Å². The van der Waals surface area contributed by atoms with E-state index in [1.54, 1.807) is 7.11 Å². The van der Waals surface area contributed by atoms with Crippen LogP contribution in [0.4, 0.5) is 0 Å². The fourth-order valence-electron chi connectivity index (χ4n) is 2.16. The van der Waals surface area contributed by atoms with Crippen molar-refractivity contribution in [3.05, 3.63) is 36.8 Å². The van der Waals surface area contributed by atoms with E-state index in [1.807, 2.05) is 12.1 Å². The molecule has 0 aliphatic heterocycles. The van der Waals surface area contributed by atoms with Gasteiger partial charge in [0.1, 0.15) is 5.75 Å². The summed E-state index contributed by atoms with van der Waals surface area (Å²) in [5.74, 6) is 0.935. The minimum absolute atomic E-state index is 0.904. The average molecular weight is 277 g/mol. The second kappa shape index (κ2) is 11.8. The third-order valence-electron chi connectivity index (χ3n) is 3.45. The Balaban J connectivity index is 1.91. The van der Waals surface area contributed by atoms with Crippen LogP contribution in [0.1, 0.15) is 50.5 Å². The molecule has 1 rings (SSSR count). The topological polar surface area (TPSA) is 18.5 Å². The van der Waals surface area contributed by atoms with Crippen molar-refractivity contribution >= 4 is 0 Å². The van der Waals surface area contributed by atoms with Gasteiger partial charge in [0, 0.05) is 13.2 Å². The molecule has 0 aliphatic carbocycles. The summed E-state index contributed by atoms with van der Waals surface area (Å²) < 4.78 is 10.7. The Labute approximate surface area is 124 Å². The molecule has 0 saturated carbocycles. The first-order valence-corrected chi connectivity index (χ1v) is 7.86. The van der Waals surface area contributed by atoms with E-state index in [4.69, 9.17) is 9.47 Å². The molecule has 1 aromatic rings. The lowest BCUT2D eigenvalue weighted by Gasteiger charge is -2.05. The summed E-state index contributed by atoms with van der Waals surface area (Å²) in [5, 5.41) is 0. The van der Waals surface area contributed by atoms with E-state index in [0.29, 0.717) is 0 Å². The minimum Gasteiger partial charge on any atom is -0.497 e. The highest BCUT2D eigenvalue weighted by Gasteiger charge is 1.96. The van der Waals surface area contributed by atoms with Crippen LogP contribution in [-0.2, 0) is 11.2 Å². The van der Waals surface area contributed by atoms with Crippen molar-refractivity contribution in [1.82, 2.24) is 0 Å². The molecule has 0 unspecified atom stereocenters. The van der Waals surface area contributed by atoms with Crippen molar-refractivity contribution in [2.75, 3.05) is 20.3 Å². The molecule has 0 aromatic heterocycles. The fourth-order valence-corrected chi connectivity index (χ4v) is 2.16. The monoisotopic (exact) mass is 277 g/mol. The number of aryl methyl sites for hydroxylation is 1. The van der Waals surface area contributed by atoms with Crippen molar-refractivity contribution in [1.29, 1.82) is 0 Å². The third kappa shape index (κ3) is 8.21. The molecular formula is C18H29O2. The van der Waals surface area contributed by atoms with Crippen molar-refractivity contribution < 1.29 is 9.47 Å².